The average molecular weight is 276 g/mol. The molecule has 1 saturated heterocycles. The van der Waals surface area contributed by atoms with Gasteiger partial charge in [0.1, 0.15) is 6.04 Å². The number of nitrogens with zero attached hydrogens (tertiary/aromatic N) is 1. The Morgan fingerprint density at radius 1 is 1.30 bits per heavy atom. The van der Waals surface area contributed by atoms with Crippen LogP contribution in [0.1, 0.15) is 31.9 Å². The number of carbonyl (C=O) groups is 1. The van der Waals surface area contributed by atoms with Crippen LogP contribution in [0.4, 0.5) is 0 Å². The summed E-state index contributed by atoms with van der Waals surface area (Å²) in [4.78, 5) is 14.1. The van der Waals surface area contributed by atoms with E-state index in [1.807, 2.05) is 35.2 Å². The maximum absolute atomic E-state index is 12.3. The van der Waals surface area contributed by atoms with E-state index in [4.69, 9.17) is 4.74 Å². The smallest absolute Gasteiger partial charge is 0.245 e. The summed E-state index contributed by atoms with van der Waals surface area (Å²) in [7, 11) is 0. The zero-order chi connectivity index (χ0) is 14.4. The molecule has 4 heteroatoms. The van der Waals surface area contributed by atoms with Gasteiger partial charge < -0.3 is 9.64 Å². The predicted molar refractivity (Wildman–Crippen MR) is 79.2 cm³/mol. The third kappa shape index (κ3) is 4.05. The molecule has 1 unspecified atom stereocenters. The number of hydrogen-bond acceptors (Lipinski definition) is 3. The molecule has 4 nitrogen and oxygen atoms in total. The Bertz CT molecular complexity index is 420. The SMILES string of the molecule is CC(C)CCOCCN1CNC(c2ccccc2)C1=O. The predicted octanol–water partition coefficient (Wildman–Crippen LogP) is 2.18. The first-order chi connectivity index (χ1) is 9.68. The first kappa shape index (κ1) is 15.0. The highest BCUT2D eigenvalue weighted by molar-refractivity contribution is 5.85. The van der Waals surface area contributed by atoms with Crippen molar-refractivity contribution in [3.05, 3.63) is 35.9 Å². The first-order valence-corrected chi connectivity index (χ1v) is 7.33. The highest BCUT2D eigenvalue weighted by Crippen LogP contribution is 2.19. The molecule has 0 aliphatic carbocycles. The minimum atomic E-state index is -0.202. The lowest BCUT2D eigenvalue weighted by Gasteiger charge is -2.15. The zero-order valence-corrected chi connectivity index (χ0v) is 12.3. The standard InChI is InChI=1S/C16H24N2O2/c1-13(2)8-10-20-11-9-18-12-17-15(16(18)19)14-6-4-3-5-7-14/h3-7,13,15,17H,8-12H2,1-2H3. The van der Waals surface area contributed by atoms with Gasteiger partial charge in [-0.15, -0.1) is 0 Å². The summed E-state index contributed by atoms with van der Waals surface area (Å²) in [6.45, 7) is 7.01. The van der Waals surface area contributed by atoms with Crippen LogP contribution in [-0.2, 0) is 9.53 Å². The molecule has 1 heterocycles. The molecule has 0 saturated carbocycles. The summed E-state index contributed by atoms with van der Waals surface area (Å²) in [5.74, 6) is 0.802. The fourth-order valence-corrected chi connectivity index (χ4v) is 2.24. The molecule has 0 bridgehead atoms. The maximum Gasteiger partial charge on any atom is 0.245 e. The Morgan fingerprint density at radius 3 is 2.75 bits per heavy atom. The molecule has 0 radical (unpaired) electrons. The van der Waals surface area contributed by atoms with Gasteiger partial charge in [0.15, 0.2) is 0 Å². The van der Waals surface area contributed by atoms with E-state index in [2.05, 4.69) is 19.2 Å². The first-order valence-electron chi connectivity index (χ1n) is 7.33. The fraction of sp³-hybridized carbons (Fsp3) is 0.562. The second kappa shape index (κ2) is 7.41. The largest absolute Gasteiger partial charge is 0.380 e. The molecule has 2 rings (SSSR count). The highest BCUT2D eigenvalue weighted by Gasteiger charge is 2.31. The Hall–Kier alpha value is -1.39. The van der Waals surface area contributed by atoms with Gasteiger partial charge in [0.25, 0.3) is 0 Å². The van der Waals surface area contributed by atoms with Crippen LogP contribution in [0.25, 0.3) is 0 Å². The number of rotatable bonds is 7. The number of benzene rings is 1. The van der Waals surface area contributed by atoms with Gasteiger partial charge in [0.05, 0.1) is 13.3 Å². The van der Waals surface area contributed by atoms with Gasteiger partial charge in [-0.2, -0.15) is 0 Å². The summed E-state index contributed by atoms with van der Waals surface area (Å²) in [5, 5.41) is 3.25. The monoisotopic (exact) mass is 276 g/mol. The number of ether oxygens (including phenoxy) is 1. The summed E-state index contributed by atoms with van der Waals surface area (Å²) >= 11 is 0. The Balaban J connectivity index is 1.74. The second-order valence-corrected chi connectivity index (χ2v) is 5.60. The van der Waals surface area contributed by atoms with Crippen LogP contribution in [0.3, 0.4) is 0 Å². The lowest BCUT2D eigenvalue weighted by molar-refractivity contribution is -0.129. The van der Waals surface area contributed by atoms with Crippen molar-refractivity contribution >= 4 is 5.91 Å². The zero-order valence-electron chi connectivity index (χ0n) is 12.3. The van der Waals surface area contributed by atoms with E-state index in [0.29, 0.717) is 25.7 Å². The Kier molecular flexibility index (Phi) is 5.56. The van der Waals surface area contributed by atoms with E-state index < -0.39 is 0 Å². The van der Waals surface area contributed by atoms with Crippen molar-refractivity contribution < 1.29 is 9.53 Å². The van der Waals surface area contributed by atoms with Crippen LogP contribution in [-0.4, -0.2) is 37.2 Å². The van der Waals surface area contributed by atoms with E-state index in [9.17, 15) is 4.79 Å². The molecule has 1 aliphatic heterocycles. The van der Waals surface area contributed by atoms with Crippen LogP contribution in [0.15, 0.2) is 30.3 Å². The van der Waals surface area contributed by atoms with Gasteiger partial charge in [-0.1, -0.05) is 44.2 Å². The van der Waals surface area contributed by atoms with Crippen molar-refractivity contribution in [3.8, 4) is 0 Å². The molecule has 1 aromatic rings. The van der Waals surface area contributed by atoms with Crippen molar-refractivity contribution in [2.24, 2.45) is 5.92 Å². The third-order valence-electron chi connectivity index (χ3n) is 3.52. The van der Waals surface area contributed by atoms with Gasteiger partial charge in [-0.3, -0.25) is 10.1 Å². The molecule has 1 aliphatic rings. The van der Waals surface area contributed by atoms with Crippen LogP contribution in [0.5, 0.6) is 0 Å². The number of hydrogen-bond donors (Lipinski definition) is 1. The van der Waals surface area contributed by atoms with Crippen LogP contribution >= 0.6 is 0 Å². The Labute approximate surface area is 121 Å². The van der Waals surface area contributed by atoms with Crippen LogP contribution in [0.2, 0.25) is 0 Å². The molecule has 110 valence electrons. The minimum Gasteiger partial charge on any atom is -0.380 e. The maximum atomic E-state index is 12.3. The molecule has 1 N–H and O–H groups in total. The van der Waals surface area contributed by atoms with E-state index in [-0.39, 0.29) is 11.9 Å². The molecule has 0 aromatic heterocycles. The number of amides is 1. The van der Waals surface area contributed by atoms with Gasteiger partial charge in [0, 0.05) is 13.2 Å². The van der Waals surface area contributed by atoms with Gasteiger partial charge in [-0.05, 0) is 17.9 Å². The van der Waals surface area contributed by atoms with Gasteiger partial charge in [0.2, 0.25) is 5.91 Å². The fourth-order valence-electron chi connectivity index (χ4n) is 2.24. The van der Waals surface area contributed by atoms with E-state index >= 15 is 0 Å². The quantitative estimate of drug-likeness (QED) is 0.776. The topological polar surface area (TPSA) is 41.6 Å². The van der Waals surface area contributed by atoms with E-state index in [0.717, 1.165) is 18.6 Å². The molecule has 0 spiro atoms. The number of carbonyl (C=O) groups excluding carboxylic acids is 1. The van der Waals surface area contributed by atoms with Crippen LogP contribution in [0, 0.1) is 5.92 Å². The molecular weight excluding hydrogens is 252 g/mol. The summed E-state index contributed by atoms with van der Waals surface area (Å²) in [6, 6.07) is 9.65. The molecule has 20 heavy (non-hydrogen) atoms. The lowest BCUT2D eigenvalue weighted by atomic mass is 10.1. The number of nitrogens with one attached hydrogen (secondary N) is 1. The van der Waals surface area contributed by atoms with Crippen molar-refractivity contribution in [1.29, 1.82) is 0 Å². The molecule has 1 fully saturated rings. The average Bonchev–Trinajstić information content (AvgIpc) is 2.80. The highest BCUT2D eigenvalue weighted by atomic mass is 16.5. The van der Waals surface area contributed by atoms with Crippen molar-refractivity contribution in [2.75, 3.05) is 26.4 Å². The summed E-state index contributed by atoms with van der Waals surface area (Å²) in [6.07, 6.45) is 1.07. The lowest BCUT2D eigenvalue weighted by Crippen LogP contribution is -2.30. The second-order valence-electron chi connectivity index (χ2n) is 5.60. The summed E-state index contributed by atoms with van der Waals surface area (Å²) < 4.78 is 5.57. The van der Waals surface area contributed by atoms with Gasteiger partial charge in [-0.25, -0.2) is 0 Å². The normalized spacial score (nSPS) is 19.1. The third-order valence-corrected chi connectivity index (χ3v) is 3.52. The van der Waals surface area contributed by atoms with Gasteiger partial charge >= 0.3 is 0 Å². The molecule has 1 atom stereocenters. The van der Waals surface area contributed by atoms with Crippen molar-refractivity contribution in [1.82, 2.24) is 10.2 Å². The van der Waals surface area contributed by atoms with Crippen molar-refractivity contribution in [2.45, 2.75) is 26.3 Å². The summed E-state index contributed by atoms with van der Waals surface area (Å²) in [5.41, 5.74) is 1.03. The van der Waals surface area contributed by atoms with E-state index in [1.54, 1.807) is 0 Å². The molecule has 1 aromatic carbocycles. The van der Waals surface area contributed by atoms with Crippen LogP contribution < -0.4 is 5.32 Å². The van der Waals surface area contributed by atoms with E-state index in [1.165, 1.54) is 0 Å². The van der Waals surface area contributed by atoms with Crippen molar-refractivity contribution in [3.63, 3.8) is 0 Å². The Morgan fingerprint density at radius 2 is 2.05 bits per heavy atom. The molecule has 1 amide bonds. The minimum absolute atomic E-state index is 0.142. The molecular formula is C16H24N2O2.